The van der Waals surface area contributed by atoms with Gasteiger partial charge in [0.25, 0.3) is 0 Å². The SMILES string of the molecule is C[C@]1(C(N)=O)COc2c1cc(C(O)(C#Cc1ncccn1)CN)nc2-c1cc(Cl)c(F)cc1F. The van der Waals surface area contributed by atoms with E-state index in [9.17, 15) is 18.7 Å². The molecule has 0 saturated heterocycles. The van der Waals surface area contributed by atoms with E-state index in [2.05, 4.69) is 26.8 Å². The summed E-state index contributed by atoms with van der Waals surface area (Å²) in [5.74, 6) is 2.72. The van der Waals surface area contributed by atoms with Crippen LogP contribution in [0.5, 0.6) is 5.75 Å². The molecule has 0 bridgehead atoms. The van der Waals surface area contributed by atoms with Gasteiger partial charge in [-0.05, 0) is 31.0 Å². The van der Waals surface area contributed by atoms with Crippen LogP contribution in [-0.4, -0.2) is 39.1 Å². The zero-order valence-corrected chi connectivity index (χ0v) is 18.5. The predicted octanol–water partition coefficient (Wildman–Crippen LogP) is 1.80. The molecule has 1 unspecified atom stereocenters. The molecule has 1 aromatic carbocycles. The topological polar surface area (TPSA) is 137 Å². The first-order chi connectivity index (χ1) is 16.1. The third-order valence-corrected chi connectivity index (χ3v) is 5.84. The van der Waals surface area contributed by atoms with Gasteiger partial charge in [-0.3, -0.25) is 4.79 Å². The number of ether oxygens (including phenoxy) is 1. The normalized spacial score (nSPS) is 18.3. The van der Waals surface area contributed by atoms with Crippen molar-refractivity contribution in [3.05, 3.63) is 70.4 Å². The first kappa shape index (κ1) is 23.5. The molecule has 8 nitrogen and oxygen atoms in total. The minimum Gasteiger partial charge on any atom is -0.489 e. The Morgan fingerprint density at radius 3 is 2.65 bits per heavy atom. The van der Waals surface area contributed by atoms with Crippen molar-refractivity contribution in [1.29, 1.82) is 0 Å². The van der Waals surface area contributed by atoms with Crippen LogP contribution < -0.4 is 16.2 Å². The van der Waals surface area contributed by atoms with Crippen LogP contribution in [0.15, 0.2) is 36.7 Å². The van der Waals surface area contributed by atoms with Gasteiger partial charge in [-0.1, -0.05) is 17.5 Å². The highest BCUT2D eigenvalue weighted by Gasteiger charge is 2.45. The van der Waals surface area contributed by atoms with Gasteiger partial charge in [0, 0.05) is 36.1 Å². The number of carbonyl (C=O) groups is 1. The Morgan fingerprint density at radius 2 is 2.00 bits per heavy atom. The third kappa shape index (κ3) is 3.94. The average molecular weight is 486 g/mol. The second kappa shape index (κ2) is 8.61. The van der Waals surface area contributed by atoms with Gasteiger partial charge in [0.15, 0.2) is 5.60 Å². The number of primary amides is 1. The van der Waals surface area contributed by atoms with E-state index >= 15 is 0 Å². The fraction of sp³-hybridized carbons (Fsp3) is 0.217. The zero-order chi connectivity index (χ0) is 24.7. The van der Waals surface area contributed by atoms with Crippen LogP contribution in [-0.2, 0) is 15.8 Å². The number of rotatable bonds is 4. The van der Waals surface area contributed by atoms with Crippen molar-refractivity contribution in [2.75, 3.05) is 13.2 Å². The Labute approximate surface area is 198 Å². The minimum atomic E-state index is -2.05. The maximum absolute atomic E-state index is 14.8. The summed E-state index contributed by atoms with van der Waals surface area (Å²) >= 11 is 5.88. The Hall–Kier alpha value is -3.65. The van der Waals surface area contributed by atoms with Gasteiger partial charge in [0.1, 0.15) is 35.1 Å². The number of aromatic nitrogens is 3. The Bertz CT molecular complexity index is 1360. The number of aliphatic hydroxyl groups is 1. The number of hydrogen-bond donors (Lipinski definition) is 3. The number of nitrogens with two attached hydrogens (primary N) is 2. The van der Waals surface area contributed by atoms with Gasteiger partial charge >= 0.3 is 0 Å². The van der Waals surface area contributed by atoms with E-state index in [0.717, 1.165) is 6.07 Å². The molecule has 3 aromatic rings. The molecule has 0 spiro atoms. The predicted molar refractivity (Wildman–Crippen MR) is 119 cm³/mol. The minimum absolute atomic E-state index is 0.0466. The number of nitrogens with zero attached hydrogens (tertiary/aromatic N) is 3. The molecule has 174 valence electrons. The second-order valence-electron chi connectivity index (χ2n) is 7.85. The fourth-order valence-corrected chi connectivity index (χ4v) is 3.59. The van der Waals surface area contributed by atoms with Gasteiger partial charge < -0.3 is 21.3 Å². The molecule has 1 aliphatic rings. The summed E-state index contributed by atoms with van der Waals surface area (Å²) in [5, 5.41) is 10.9. The van der Waals surface area contributed by atoms with Crippen LogP contribution in [0, 0.1) is 23.5 Å². The van der Waals surface area contributed by atoms with Crippen LogP contribution in [0.1, 0.15) is 24.0 Å². The molecule has 0 radical (unpaired) electrons. The quantitative estimate of drug-likeness (QED) is 0.378. The third-order valence-electron chi connectivity index (χ3n) is 5.55. The molecule has 2 aromatic heterocycles. The maximum Gasteiger partial charge on any atom is 0.231 e. The van der Waals surface area contributed by atoms with Crippen molar-refractivity contribution in [3.8, 4) is 28.8 Å². The van der Waals surface area contributed by atoms with E-state index < -0.39 is 35.1 Å². The standard InChI is InChI=1S/C23H18ClF2N5O3/c1-22(21(28)32)11-34-20-13(22)8-17(23(33,10-27)4-3-18-29-5-2-6-30-18)31-19(20)12-7-14(24)16(26)9-15(12)25/h2,5-9,33H,10-11,27H2,1H3,(H2,28,32)/t22-,23?/m0/s1. The number of amides is 1. The van der Waals surface area contributed by atoms with Crippen LogP contribution in [0.3, 0.4) is 0 Å². The van der Waals surface area contributed by atoms with Gasteiger partial charge in [-0.2, -0.15) is 0 Å². The van der Waals surface area contributed by atoms with Crippen molar-refractivity contribution in [2.45, 2.75) is 17.9 Å². The molecule has 11 heteroatoms. The first-order valence-corrected chi connectivity index (χ1v) is 10.3. The molecular weight excluding hydrogens is 468 g/mol. The lowest BCUT2D eigenvalue weighted by molar-refractivity contribution is -0.123. The summed E-state index contributed by atoms with van der Waals surface area (Å²) in [6.45, 7) is 0.962. The van der Waals surface area contributed by atoms with Crippen LogP contribution in [0.25, 0.3) is 11.3 Å². The molecule has 1 aliphatic heterocycles. The molecule has 0 aliphatic carbocycles. The first-order valence-electron chi connectivity index (χ1n) is 9.95. The number of benzene rings is 1. The number of hydrogen-bond acceptors (Lipinski definition) is 7. The molecule has 0 saturated carbocycles. The van der Waals surface area contributed by atoms with Crippen molar-refractivity contribution >= 4 is 17.5 Å². The molecule has 3 heterocycles. The number of carbonyl (C=O) groups excluding carboxylic acids is 1. The van der Waals surface area contributed by atoms with Crippen molar-refractivity contribution in [3.63, 3.8) is 0 Å². The summed E-state index contributed by atoms with van der Waals surface area (Å²) in [5.41, 5.74) is 7.88. The van der Waals surface area contributed by atoms with Crippen molar-refractivity contribution < 1.29 is 23.4 Å². The van der Waals surface area contributed by atoms with Crippen LogP contribution in [0.4, 0.5) is 8.78 Å². The van der Waals surface area contributed by atoms with Crippen molar-refractivity contribution in [2.24, 2.45) is 11.5 Å². The Morgan fingerprint density at radius 1 is 1.29 bits per heavy atom. The van der Waals surface area contributed by atoms with E-state index in [-0.39, 0.29) is 45.7 Å². The second-order valence-corrected chi connectivity index (χ2v) is 8.26. The zero-order valence-electron chi connectivity index (χ0n) is 17.8. The molecule has 34 heavy (non-hydrogen) atoms. The molecule has 1 amide bonds. The number of pyridine rings is 1. The highest BCUT2D eigenvalue weighted by Crippen LogP contribution is 2.46. The molecule has 2 atom stereocenters. The highest BCUT2D eigenvalue weighted by molar-refractivity contribution is 6.31. The lowest BCUT2D eigenvalue weighted by Gasteiger charge is -2.24. The summed E-state index contributed by atoms with van der Waals surface area (Å²) < 4.78 is 34.3. The number of halogens is 3. The van der Waals surface area contributed by atoms with E-state index in [4.69, 9.17) is 27.8 Å². The monoisotopic (exact) mass is 485 g/mol. The van der Waals surface area contributed by atoms with Gasteiger partial charge in [0.05, 0.1) is 10.7 Å². The van der Waals surface area contributed by atoms with Gasteiger partial charge in [-0.25, -0.2) is 23.7 Å². The average Bonchev–Trinajstić information content (AvgIpc) is 3.18. The maximum atomic E-state index is 14.8. The van der Waals surface area contributed by atoms with Gasteiger partial charge in [-0.15, -0.1) is 0 Å². The molecule has 5 N–H and O–H groups in total. The lowest BCUT2D eigenvalue weighted by atomic mass is 9.82. The van der Waals surface area contributed by atoms with E-state index in [1.54, 1.807) is 6.07 Å². The highest BCUT2D eigenvalue weighted by atomic mass is 35.5. The largest absolute Gasteiger partial charge is 0.489 e. The van der Waals surface area contributed by atoms with Crippen molar-refractivity contribution in [1.82, 2.24) is 15.0 Å². The summed E-state index contributed by atoms with van der Waals surface area (Å²) in [6.07, 6.45) is 2.95. The fourth-order valence-electron chi connectivity index (χ4n) is 3.43. The Balaban J connectivity index is 1.98. The van der Waals surface area contributed by atoms with Gasteiger partial charge in [0.2, 0.25) is 11.7 Å². The van der Waals surface area contributed by atoms with Crippen LogP contribution in [0.2, 0.25) is 5.02 Å². The van der Waals surface area contributed by atoms with E-state index in [0.29, 0.717) is 6.07 Å². The summed E-state index contributed by atoms with van der Waals surface area (Å²) in [4.78, 5) is 24.6. The molecular formula is C23H18ClF2N5O3. The summed E-state index contributed by atoms with van der Waals surface area (Å²) in [6, 6.07) is 4.61. The molecule has 0 fully saturated rings. The lowest BCUT2D eigenvalue weighted by Crippen LogP contribution is -2.40. The van der Waals surface area contributed by atoms with Crippen LogP contribution >= 0.6 is 11.6 Å². The molecule has 4 rings (SSSR count). The Kier molecular flexibility index (Phi) is 5.95. The van der Waals surface area contributed by atoms with E-state index in [1.165, 1.54) is 25.4 Å². The summed E-state index contributed by atoms with van der Waals surface area (Å²) in [7, 11) is 0. The number of fused-ring (bicyclic) bond motifs is 1. The van der Waals surface area contributed by atoms with E-state index in [1.807, 2.05) is 0 Å². The smallest absolute Gasteiger partial charge is 0.231 e.